The third-order valence-corrected chi connectivity index (χ3v) is 5.27. The van der Waals surface area contributed by atoms with Crippen LogP contribution in [-0.2, 0) is 20.7 Å². The van der Waals surface area contributed by atoms with Gasteiger partial charge in [-0.2, -0.15) is 0 Å². The molecule has 0 saturated carbocycles. The molecule has 3 rings (SSSR count). The minimum Gasteiger partial charge on any atom is -0.462 e. The lowest BCUT2D eigenvalue weighted by molar-refractivity contribution is -0.133. The second kappa shape index (κ2) is 8.39. The molecule has 25 heavy (non-hydrogen) atoms. The van der Waals surface area contributed by atoms with Crippen LogP contribution in [-0.4, -0.2) is 55.7 Å². The molecule has 0 aliphatic carbocycles. The second-order valence-corrected chi connectivity index (χ2v) is 7.08. The first-order valence-electron chi connectivity index (χ1n) is 9.06. The van der Waals surface area contributed by atoms with Gasteiger partial charge in [-0.1, -0.05) is 30.3 Å². The zero-order chi connectivity index (χ0) is 17.6. The van der Waals surface area contributed by atoms with Crippen molar-refractivity contribution in [3.8, 4) is 0 Å². The van der Waals surface area contributed by atoms with Crippen LogP contribution in [0, 0.1) is 5.92 Å². The number of carbonyl (C=O) groups is 1. The van der Waals surface area contributed by atoms with Crippen molar-refractivity contribution < 1.29 is 14.3 Å². The fraction of sp³-hybridized carbons (Fsp3) is 0.550. The molecule has 0 radical (unpaired) electrons. The van der Waals surface area contributed by atoms with E-state index in [-0.39, 0.29) is 18.6 Å². The van der Waals surface area contributed by atoms with Crippen molar-refractivity contribution in [2.75, 3.05) is 34.0 Å². The Hall–Kier alpha value is -2.01. The van der Waals surface area contributed by atoms with Gasteiger partial charge in [-0.3, -0.25) is 4.79 Å². The van der Waals surface area contributed by atoms with Gasteiger partial charge in [0.25, 0.3) is 0 Å². The van der Waals surface area contributed by atoms with Crippen LogP contribution in [0.3, 0.4) is 0 Å². The van der Waals surface area contributed by atoms with E-state index in [1.165, 1.54) is 5.56 Å². The van der Waals surface area contributed by atoms with E-state index in [2.05, 4.69) is 24.1 Å². The van der Waals surface area contributed by atoms with Crippen LogP contribution in [0.4, 0.5) is 0 Å². The number of benzene rings is 1. The van der Waals surface area contributed by atoms with Crippen LogP contribution in [0.25, 0.3) is 0 Å². The quantitative estimate of drug-likeness (QED) is 0.796. The van der Waals surface area contributed by atoms with Crippen molar-refractivity contribution in [2.24, 2.45) is 5.92 Å². The summed E-state index contributed by atoms with van der Waals surface area (Å²) in [6.07, 6.45) is 4.99. The van der Waals surface area contributed by atoms with Gasteiger partial charge in [0.05, 0.1) is 0 Å². The zero-order valence-electron chi connectivity index (χ0n) is 15.2. The Labute approximate surface area is 150 Å². The molecule has 2 aliphatic rings. The fourth-order valence-electron chi connectivity index (χ4n) is 3.58. The summed E-state index contributed by atoms with van der Waals surface area (Å²) >= 11 is 0. The van der Waals surface area contributed by atoms with E-state index < -0.39 is 0 Å². The number of hydrogen-bond donors (Lipinski definition) is 0. The van der Waals surface area contributed by atoms with Gasteiger partial charge in [0.15, 0.2) is 0 Å². The molecule has 1 saturated heterocycles. The Morgan fingerprint density at radius 1 is 1.28 bits per heavy atom. The van der Waals surface area contributed by atoms with Crippen LogP contribution < -0.4 is 0 Å². The molecular formula is C20H28N2O3. The molecular weight excluding hydrogens is 316 g/mol. The Kier molecular flexibility index (Phi) is 5.97. The summed E-state index contributed by atoms with van der Waals surface area (Å²) < 4.78 is 10.8. The van der Waals surface area contributed by atoms with Crippen molar-refractivity contribution in [3.05, 3.63) is 47.9 Å². The number of hydrogen-bond acceptors (Lipinski definition) is 4. The molecule has 5 nitrogen and oxygen atoms in total. The molecule has 0 spiro atoms. The molecule has 1 atom stereocenters. The van der Waals surface area contributed by atoms with Crippen molar-refractivity contribution in [1.29, 1.82) is 0 Å². The topological polar surface area (TPSA) is 42.0 Å². The third kappa shape index (κ3) is 4.75. The molecule has 2 aliphatic heterocycles. The minimum absolute atomic E-state index is 0.0196. The van der Waals surface area contributed by atoms with Gasteiger partial charge in [-0.25, -0.2) is 0 Å². The maximum Gasteiger partial charge on any atom is 0.229 e. The van der Waals surface area contributed by atoms with E-state index in [4.69, 9.17) is 9.47 Å². The highest BCUT2D eigenvalue weighted by molar-refractivity contribution is 5.77. The number of piperidine rings is 1. The molecule has 1 amide bonds. The first-order valence-corrected chi connectivity index (χ1v) is 9.06. The predicted molar refractivity (Wildman–Crippen MR) is 96.7 cm³/mol. The van der Waals surface area contributed by atoms with Gasteiger partial charge in [0.2, 0.25) is 12.7 Å². The van der Waals surface area contributed by atoms with E-state index in [0.29, 0.717) is 12.5 Å². The highest BCUT2D eigenvalue weighted by atomic mass is 16.7. The first kappa shape index (κ1) is 17.8. The Morgan fingerprint density at radius 2 is 2.00 bits per heavy atom. The average molecular weight is 344 g/mol. The summed E-state index contributed by atoms with van der Waals surface area (Å²) in [6.45, 7) is 2.36. The fourth-order valence-corrected chi connectivity index (χ4v) is 3.58. The Morgan fingerprint density at radius 3 is 2.64 bits per heavy atom. The van der Waals surface area contributed by atoms with Crippen LogP contribution in [0.15, 0.2) is 42.4 Å². The van der Waals surface area contributed by atoms with Crippen LogP contribution in [0.5, 0.6) is 0 Å². The summed E-state index contributed by atoms with van der Waals surface area (Å²) in [5, 5.41) is 0. The van der Waals surface area contributed by atoms with Gasteiger partial charge in [-0.15, -0.1) is 0 Å². The molecule has 1 aromatic carbocycles. The van der Waals surface area contributed by atoms with E-state index in [0.717, 1.165) is 38.1 Å². The minimum atomic E-state index is 0.0196. The number of carbonyl (C=O) groups excluding carboxylic acids is 1. The van der Waals surface area contributed by atoms with E-state index >= 15 is 0 Å². The van der Waals surface area contributed by atoms with Gasteiger partial charge >= 0.3 is 0 Å². The molecule has 0 N–H and O–H groups in total. The highest BCUT2D eigenvalue weighted by Crippen LogP contribution is 2.26. The second-order valence-electron chi connectivity index (χ2n) is 7.08. The molecule has 2 heterocycles. The monoisotopic (exact) mass is 344 g/mol. The summed E-state index contributed by atoms with van der Waals surface area (Å²) in [6, 6.07) is 10.6. The molecule has 0 aromatic heterocycles. The Balaban J connectivity index is 1.63. The predicted octanol–water partition coefficient (Wildman–Crippen LogP) is 2.63. The highest BCUT2D eigenvalue weighted by Gasteiger charge is 2.28. The molecule has 1 fully saturated rings. The van der Waals surface area contributed by atoms with Crippen LogP contribution in [0.2, 0.25) is 0 Å². The lowest BCUT2D eigenvalue weighted by atomic mass is 9.93. The van der Waals surface area contributed by atoms with Crippen molar-refractivity contribution in [1.82, 2.24) is 9.80 Å². The van der Waals surface area contributed by atoms with E-state index in [9.17, 15) is 4.79 Å². The maximum absolute atomic E-state index is 12.9. The van der Waals surface area contributed by atoms with Crippen molar-refractivity contribution >= 4 is 5.91 Å². The van der Waals surface area contributed by atoms with Gasteiger partial charge in [0, 0.05) is 25.4 Å². The standard InChI is InChI=1S/C20H28N2O3/c1-21-10-8-18(9-11-21)22(2)20(23)13-17(19-14-24-15-25-19)12-16-6-4-3-5-7-16/h3-7,14,17-18H,8-13,15H2,1-2H3. The van der Waals surface area contributed by atoms with E-state index in [1.807, 2.05) is 30.1 Å². The van der Waals surface area contributed by atoms with E-state index in [1.54, 1.807) is 6.26 Å². The van der Waals surface area contributed by atoms with Gasteiger partial charge < -0.3 is 19.3 Å². The normalized spacial score (nSPS) is 19.7. The summed E-state index contributed by atoms with van der Waals surface area (Å²) in [4.78, 5) is 17.1. The smallest absolute Gasteiger partial charge is 0.229 e. The summed E-state index contributed by atoms with van der Waals surface area (Å²) in [5.74, 6) is 0.993. The number of ether oxygens (including phenoxy) is 2. The number of likely N-dealkylation sites (tertiary alicyclic amines) is 1. The van der Waals surface area contributed by atoms with Gasteiger partial charge in [0.1, 0.15) is 12.0 Å². The Bertz CT molecular complexity index is 594. The largest absolute Gasteiger partial charge is 0.462 e. The first-order chi connectivity index (χ1) is 12.1. The molecule has 5 heteroatoms. The van der Waals surface area contributed by atoms with Crippen molar-refractivity contribution in [2.45, 2.75) is 31.7 Å². The summed E-state index contributed by atoms with van der Waals surface area (Å²) in [7, 11) is 4.08. The SMILES string of the molecule is CN1CCC(N(C)C(=O)CC(Cc2ccccc2)C2=COCO2)CC1. The molecule has 0 bridgehead atoms. The number of allylic oxidation sites excluding steroid dienone is 1. The molecule has 1 unspecified atom stereocenters. The van der Waals surface area contributed by atoms with Gasteiger partial charge in [-0.05, 0) is 45.0 Å². The number of rotatable bonds is 6. The maximum atomic E-state index is 12.9. The number of amides is 1. The van der Waals surface area contributed by atoms with Crippen molar-refractivity contribution in [3.63, 3.8) is 0 Å². The lowest BCUT2D eigenvalue weighted by Crippen LogP contribution is -2.45. The molecule has 136 valence electrons. The van der Waals surface area contributed by atoms with Crippen LogP contribution in [0.1, 0.15) is 24.8 Å². The summed E-state index contributed by atoms with van der Waals surface area (Å²) in [5.41, 5.74) is 1.21. The lowest BCUT2D eigenvalue weighted by Gasteiger charge is -2.35. The molecule has 1 aromatic rings. The number of nitrogens with zero attached hydrogens (tertiary/aromatic N) is 2. The zero-order valence-corrected chi connectivity index (χ0v) is 15.2. The third-order valence-electron chi connectivity index (χ3n) is 5.27. The average Bonchev–Trinajstić information content (AvgIpc) is 3.16. The van der Waals surface area contributed by atoms with Crippen LogP contribution >= 0.6 is 0 Å².